The lowest BCUT2D eigenvalue weighted by molar-refractivity contribution is 0.572. The van der Waals surface area contributed by atoms with Gasteiger partial charge in [0, 0.05) is 5.56 Å². The van der Waals surface area contributed by atoms with Crippen LogP contribution in [0.3, 0.4) is 0 Å². The molecular formula is C16H17F2N. The van der Waals surface area contributed by atoms with E-state index in [-0.39, 0.29) is 17.7 Å². The summed E-state index contributed by atoms with van der Waals surface area (Å²) in [5.74, 6) is -0.524. The van der Waals surface area contributed by atoms with Crippen LogP contribution < -0.4 is 5.32 Å². The summed E-state index contributed by atoms with van der Waals surface area (Å²) in [5.41, 5.74) is 3.14. The summed E-state index contributed by atoms with van der Waals surface area (Å²) in [6.07, 6.45) is 0. The maximum absolute atomic E-state index is 14.1. The Labute approximate surface area is 112 Å². The minimum atomic E-state index is -0.277. The standard InChI is InChI=1S/C16H17F2N/c1-10-4-6-14(15(18)8-10)16(19-3)13-7-5-12(17)9-11(13)2/h4-9,16,19H,1-3H3. The Bertz CT molecular complexity index is 542. The van der Waals surface area contributed by atoms with E-state index in [1.54, 1.807) is 19.2 Å². The van der Waals surface area contributed by atoms with Crippen molar-refractivity contribution < 1.29 is 8.78 Å². The minimum absolute atomic E-state index is 0.247. The maximum Gasteiger partial charge on any atom is 0.128 e. The Balaban J connectivity index is 2.50. The van der Waals surface area contributed by atoms with Crippen LogP contribution in [-0.4, -0.2) is 7.05 Å². The maximum atomic E-state index is 14.1. The van der Waals surface area contributed by atoms with Crippen LogP contribution in [0, 0.1) is 25.5 Å². The van der Waals surface area contributed by atoms with Crippen molar-refractivity contribution in [2.75, 3.05) is 7.05 Å². The first-order valence-electron chi connectivity index (χ1n) is 6.22. The third-order valence-electron chi connectivity index (χ3n) is 3.30. The van der Waals surface area contributed by atoms with Crippen molar-refractivity contribution in [1.29, 1.82) is 0 Å². The van der Waals surface area contributed by atoms with Crippen molar-refractivity contribution in [3.8, 4) is 0 Å². The Morgan fingerprint density at radius 2 is 1.63 bits per heavy atom. The molecule has 1 unspecified atom stereocenters. The quantitative estimate of drug-likeness (QED) is 0.883. The molecular weight excluding hydrogens is 244 g/mol. The molecule has 1 N–H and O–H groups in total. The fraction of sp³-hybridized carbons (Fsp3) is 0.250. The fourth-order valence-corrected chi connectivity index (χ4v) is 2.31. The molecule has 0 aliphatic carbocycles. The molecule has 0 saturated heterocycles. The van der Waals surface area contributed by atoms with Crippen LogP contribution in [0.1, 0.15) is 28.3 Å². The molecule has 0 fully saturated rings. The van der Waals surface area contributed by atoms with Crippen molar-refractivity contribution in [3.63, 3.8) is 0 Å². The summed E-state index contributed by atoms with van der Waals surface area (Å²) in [4.78, 5) is 0. The first-order chi connectivity index (χ1) is 9.02. The van der Waals surface area contributed by atoms with Crippen LogP contribution in [-0.2, 0) is 0 Å². The number of nitrogens with one attached hydrogen (secondary N) is 1. The van der Waals surface area contributed by atoms with Crippen LogP contribution in [0.4, 0.5) is 8.78 Å². The van der Waals surface area contributed by atoms with Gasteiger partial charge in [0.15, 0.2) is 0 Å². The molecule has 2 aromatic carbocycles. The molecule has 1 nitrogen and oxygen atoms in total. The third kappa shape index (κ3) is 2.82. The lowest BCUT2D eigenvalue weighted by atomic mass is 9.94. The van der Waals surface area contributed by atoms with E-state index in [0.29, 0.717) is 5.56 Å². The van der Waals surface area contributed by atoms with Gasteiger partial charge in [0.05, 0.1) is 6.04 Å². The van der Waals surface area contributed by atoms with E-state index in [0.717, 1.165) is 16.7 Å². The van der Waals surface area contributed by atoms with E-state index in [2.05, 4.69) is 5.32 Å². The van der Waals surface area contributed by atoms with Crippen LogP contribution in [0.15, 0.2) is 36.4 Å². The summed E-state index contributed by atoms with van der Waals surface area (Å²) in [6, 6.07) is 9.45. The van der Waals surface area contributed by atoms with Gasteiger partial charge in [-0.25, -0.2) is 8.78 Å². The van der Waals surface area contributed by atoms with Crippen LogP contribution in [0.25, 0.3) is 0 Å². The molecule has 19 heavy (non-hydrogen) atoms. The highest BCUT2D eigenvalue weighted by Crippen LogP contribution is 2.27. The Morgan fingerprint density at radius 1 is 0.947 bits per heavy atom. The van der Waals surface area contributed by atoms with Crippen molar-refractivity contribution in [3.05, 3.63) is 70.3 Å². The second-order valence-electron chi connectivity index (χ2n) is 4.75. The topological polar surface area (TPSA) is 12.0 Å². The zero-order valence-corrected chi connectivity index (χ0v) is 11.3. The predicted octanol–water partition coefficient (Wildman–Crippen LogP) is 3.89. The fourth-order valence-electron chi connectivity index (χ4n) is 2.31. The molecule has 0 aliphatic heterocycles. The van der Waals surface area contributed by atoms with E-state index in [1.807, 2.05) is 19.9 Å². The third-order valence-corrected chi connectivity index (χ3v) is 3.30. The van der Waals surface area contributed by atoms with Gasteiger partial charge in [0.1, 0.15) is 11.6 Å². The number of benzene rings is 2. The molecule has 0 saturated carbocycles. The van der Waals surface area contributed by atoms with E-state index in [9.17, 15) is 8.78 Å². The van der Waals surface area contributed by atoms with Gasteiger partial charge in [-0.1, -0.05) is 18.2 Å². The number of hydrogen-bond acceptors (Lipinski definition) is 1. The van der Waals surface area contributed by atoms with Gasteiger partial charge < -0.3 is 5.32 Å². The smallest absolute Gasteiger partial charge is 0.128 e. The summed E-state index contributed by atoms with van der Waals surface area (Å²) in [5, 5.41) is 3.09. The van der Waals surface area contributed by atoms with Crippen LogP contribution >= 0.6 is 0 Å². The lowest BCUT2D eigenvalue weighted by Gasteiger charge is -2.20. The molecule has 1 atom stereocenters. The second kappa shape index (κ2) is 5.49. The molecule has 0 aromatic heterocycles. The van der Waals surface area contributed by atoms with Gasteiger partial charge in [-0.2, -0.15) is 0 Å². The first kappa shape index (κ1) is 13.7. The summed E-state index contributed by atoms with van der Waals surface area (Å²) in [6.45, 7) is 3.68. The highest BCUT2D eigenvalue weighted by molar-refractivity contribution is 5.38. The monoisotopic (exact) mass is 261 g/mol. The number of aryl methyl sites for hydroxylation is 2. The van der Waals surface area contributed by atoms with Gasteiger partial charge in [0.2, 0.25) is 0 Å². The molecule has 0 amide bonds. The number of halogens is 2. The van der Waals surface area contributed by atoms with Gasteiger partial charge in [0.25, 0.3) is 0 Å². The number of rotatable bonds is 3. The van der Waals surface area contributed by atoms with Gasteiger partial charge in [-0.05, 0) is 55.8 Å². The lowest BCUT2D eigenvalue weighted by Crippen LogP contribution is -2.20. The normalized spacial score (nSPS) is 12.5. The van der Waals surface area contributed by atoms with Gasteiger partial charge in [-0.3, -0.25) is 0 Å². The highest BCUT2D eigenvalue weighted by atomic mass is 19.1. The summed E-state index contributed by atoms with van der Waals surface area (Å²) >= 11 is 0. The predicted molar refractivity (Wildman–Crippen MR) is 73.2 cm³/mol. The van der Waals surface area contributed by atoms with E-state index in [4.69, 9.17) is 0 Å². The molecule has 100 valence electrons. The van der Waals surface area contributed by atoms with Crippen molar-refractivity contribution in [2.45, 2.75) is 19.9 Å². The number of hydrogen-bond donors (Lipinski definition) is 1. The van der Waals surface area contributed by atoms with Gasteiger partial charge in [-0.15, -0.1) is 0 Å². The van der Waals surface area contributed by atoms with E-state index >= 15 is 0 Å². The van der Waals surface area contributed by atoms with Crippen molar-refractivity contribution >= 4 is 0 Å². The zero-order chi connectivity index (χ0) is 14.0. The van der Waals surface area contributed by atoms with Crippen LogP contribution in [0.5, 0.6) is 0 Å². The molecule has 2 aromatic rings. The molecule has 2 rings (SSSR count). The summed E-state index contributed by atoms with van der Waals surface area (Å²) < 4.78 is 27.2. The average molecular weight is 261 g/mol. The van der Waals surface area contributed by atoms with E-state index < -0.39 is 0 Å². The molecule has 3 heteroatoms. The van der Waals surface area contributed by atoms with E-state index in [1.165, 1.54) is 18.2 Å². The van der Waals surface area contributed by atoms with Gasteiger partial charge >= 0.3 is 0 Å². The Kier molecular flexibility index (Phi) is 3.96. The molecule has 0 radical (unpaired) electrons. The Hall–Kier alpha value is -1.74. The Morgan fingerprint density at radius 3 is 2.21 bits per heavy atom. The largest absolute Gasteiger partial charge is 0.309 e. The average Bonchev–Trinajstić information content (AvgIpc) is 2.34. The molecule has 0 spiro atoms. The minimum Gasteiger partial charge on any atom is -0.309 e. The SMILES string of the molecule is CNC(c1ccc(F)cc1C)c1ccc(C)cc1F. The van der Waals surface area contributed by atoms with Crippen molar-refractivity contribution in [2.24, 2.45) is 0 Å². The molecule has 0 bridgehead atoms. The molecule has 0 aliphatic rings. The summed E-state index contributed by atoms with van der Waals surface area (Å²) in [7, 11) is 1.77. The second-order valence-corrected chi connectivity index (χ2v) is 4.75. The van der Waals surface area contributed by atoms with Crippen molar-refractivity contribution in [1.82, 2.24) is 5.32 Å². The molecule has 0 heterocycles. The first-order valence-corrected chi connectivity index (χ1v) is 6.22. The zero-order valence-electron chi connectivity index (χ0n) is 11.3. The highest BCUT2D eigenvalue weighted by Gasteiger charge is 2.18. The van der Waals surface area contributed by atoms with Crippen LogP contribution in [0.2, 0.25) is 0 Å².